The first-order chi connectivity index (χ1) is 10.2. The lowest BCUT2D eigenvalue weighted by Crippen LogP contribution is -2.37. The molecule has 0 spiro atoms. The van der Waals surface area contributed by atoms with E-state index in [-0.39, 0.29) is 6.04 Å². The lowest BCUT2D eigenvalue weighted by atomic mass is 10.3. The van der Waals surface area contributed by atoms with Gasteiger partial charge in [-0.05, 0) is 18.7 Å². The Kier molecular flexibility index (Phi) is 6.48. The molecular weight excluding hydrogens is 290 g/mol. The summed E-state index contributed by atoms with van der Waals surface area (Å²) in [5.74, 6) is 1.93. The molecule has 118 valence electrons. The summed E-state index contributed by atoms with van der Waals surface area (Å²) in [7, 11) is 0.555. The molecule has 2 unspecified atom stereocenters. The van der Waals surface area contributed by atoms with E-state index in [2.05, 4.69) is 5.32 Å². The Balaban J connectivity index is 2.06. The maximum Gasteiger partial charge on any atom is 0.162 e. The smallest absolute Gasteiger partial charge is 0.162 e. The van der Waals surface area contributed by atoms with E-state index < -0.39 is 10.8 Å². The quantitative estimate of drug-likeness (QED) is 0.828. The Morgan fingerprint density at radius 1 is 1.33 bits per heavy atom. The van der Waals surface area contributed by atoms with Crippen LogP contribution in [0.1, 0.15) is 13.3 Å². The number of methoxy groups -OCH3 is 1. The van der Waals surface area contributed by atoms with Crippen LogP contribution in [0.3, 0.4) is 0 Å². The van der Waals surface area contributed by atoms with Crippen molar-refractivity contribution >= 4 is 10.8 Å². The average Bonchev–Trinajstić information content (AvgIpc) is 2.72. The zero-order valence-corrected chi connectivity index (χ0v) is 13.4. The first-order valence-electron chi connectivity index (χ1n) is 7.25. The highest BCUT2D eigenvalue weighted by Gasteiger charge is 2.16. The van der Waals surface area contributed by atoms with Gasteiger partial charge < -0.3 is 19.5 Å². The monoisotopic (exact) mass is 313 g/mol. The third kappa shape index (κ3) is 4.69. The molecule has 0 amide bonds. The van der Waals surface area contributed by atoms with Crippen molar-refractivity contribution in [1.82, 2.24) is 5.32 Å². The Morgan fingerprint density at radius 3 is 2.81 bits per heavy atom. The maximum absolute atomic E-state index is 12.5. The second kappa shape index (κ2) is 8.36. The van der Waals surface area contributed by atoms with Gasteiger partial charge in [-0.25, -0.2) is 0 Å². The van der Waals surface area contributed by atoms with Gasteiger partial charge in [0.05, 0.1) is 30.6 Å². The highest BCUT2D eigenvalue weighted by Crippen LogP contribution is 2.31. The topological polar surface area (TPSA) is 56.8 Å². The normalized spacial score (nSPS) is 17.0. The van der Waals surface area contributed by atoms with Crippen molar-refractivity contribution in [3.05, 3.63) is 18.2 Å². The van der Waals surface area contributed by atoms with E-state index >= 15 is 0 Å². The van der Waals surface area contributed by atoms with Gasteiger partial charge in [0.25, 0.3) is 0 Å². The minimum Gasteiger partial charge on any atom is -0.490 e. The SMILES string of the molecule is CCNC(COC)CS(=O)c1ccc2c(c1)OCCCO2. The molecule has 1 aromatic rings. The first-order valence-corrected chi connectivity index (χ1v) is 8.56. The summed E-state index contributed by atoms with van der Waals surface area (Å²) >= 11 is 0. The van der Waals surface area contributed by atoms with Gasteiger partial charge in [0, 0.05) is 36.3 Å². The highest BCUT2D eigenvalue weighted by molar-refractivity contribution is 7.85. The Bertz CT molecular complexity index is 475. The van der Waals surface area contributed by atoms with Crippen LogP contribution < -0.4 is 14.8 Å². The molecule has 0 aliphatic carbocycles. The molecule has 2 atom stereocenters. The van der Waals surface area contributed by atoms with Gasteiger partial charge >= 0.3 is 0 Å². The van der Waals surface area contributed by atoms with Gasteiger partial charge in [0.1, 0.15) is 0 Å². The van der Waals surface area contributed by atoms with E-state index in [1.165, 1.54) is 0 Å². The van der Waals surface area contributed by atoms with Crippen LogP contribution in [-0.2, 0) is 15.5 Å². The average molecular weight is 313 g/mol. The number of likely N-dealkylation sites (N-methyl/N-ethyl adjacent to an activating group) is 1. The zero-order valence-electron chi connectivity index (χ0n) is 12.6. The van der Waals surface area contributed by atoms with Crippen molar-refractivity contribution in [2.24, 2.45) is 0 Å². The standard InChI is InChI=1S/C15H23NO4S/c1-3-16-12(10-18-2)11-21(17)13-5-6-14-15(9-13)20-8-4-7-19-14/h5-6,9,12,16H,3-4,7-8,10-11H2,1-2H3. The van der Waals surface area contributed by atoms with E-state index in [1.54, 1.807) is 7.11 Å². The minimum absolute atomic E-state index is 0.0804. The second-order valence-corrected chi connectivity index (χ2v) is 6.38. The van der Waals surface area contributed by atoms with Gasteiger partial charge in [-0.1, -0.05) is 6.92 Å². The molecule has 0 saturated heterocycles. The molecule has 0 saturated carbocycles. The summed E-state index contributed by atoms with van der Waals surface area (Å²) in [4.78, 5) is 0.762. The number of hydrogen-bond donors (Lipinski definition) is 1. The van der Waals surface area contributed by atoms with Crippen molar-refractivity contribution in [3.8, 4) is 11.5 Å². The Hall–Kier alpha value is -1.11. The molecule has 21 heavy (non-hydrogen) atoms. The van der Waals surface area contributed by atoms with Crippen LogP contribution in [0.25, 0.3) is 0 Å². The number of rotatable bonds is 7. The fourth-order valence-electron chi connectivity index (χ4n) is 2.22. The number of fused-ring (bicyclic) bond motifs is 1. The van der Waals surface area contributed by atoms with Crippen molar-refractivity contribution in [2.45, 2.75) is 24.3 Å². The van der Waals surface area contributed by atoms with Crippen LogP contribution in [0.15, 0.2) is 23.1 Å². The van der Waals surface area contributed by atoms with E-state index in [0.29, 0.717) is 31.3 Å². The van der Waals surface area contributed by atoms with Crippen LogP contribution in [0.5, 0.6) is 11.5 Å². The van der Waals surface area contributed by atoms with Crippen molar-refractivity contribution in [2.75, 3.05) is 39.2 Å². The Morgan fingerprint density at radius 2 is 2.10 bits per heavy atom. The molecular formula is C15H23NO4S. The summed E-state index contributed by atoms with van der Waals surface area (Å²) in [6.45, 7) is 4.69. The largest absolute Gasteiger partial charge is 0.490 e. The van der Waals surface area contributed by atoms with Crippen LogP contribution in [0.4, 0.5) is 0 Å². The predicted molar refractivity (Wildman–Crippen MR) is 82.7 cm³/mol. The van der Waals surface area contributed by atoms with Crippen molar-refractivity contribution < 1.29 is 18.4 Å². The first kappa shape index (κ1) is 16.3. The van der Waals surface area contributed by atoms with Crippen molar-refractivity contribution in [1.29, 1.82) is 0 Å². The van der Waals surface area contributed by atoms with Gasteiger partial charge in [-0.2, -0.15) is 0 Å². The van der Waals surface area contributed by atoms with Gasteiger partial charge in [-0.15, -0.1) is 0 Å². The molecule has 5 nitrogen and oxygen atoms in total. The third-order valence-corrected chi connectivity index (χ3v) is 4.68. The fourth-order valence-corrected chi connectivity index (χ4v) is 3.45. The molecule has 0 radical (unpaired) electrons. The van der Waals surface area contributed by atoms with Crippen LogP contribution in [0, 0.1) is 0 Å². The lowest BCUT2D eigenvalue weighted by Gasteiger charge is -2.17. The molecule has 0 fully saturated rings. The fraction of sp³-hybridized carbons (Fsp3) is 0.600. The molecule has 1 N–H and O–H groups in total. The van der Waals surface area contributed by atoms with E-state index in [4.69, 9.17) is 14.2 Å². The molecule has 1 aromatic carbocycles. The zero-order chi connectivity index (χ0) is 15.1. The van der Waals surface area contributed by atoms with E-state index in [1.807, 2.05) is 25.1 Å². The molecule has 6 heteroatoms. The predicted octanol–water partition coefficient (Wildman–Crippen LogP) is 1.58. The molecule has 1 heterocycles. The molecule has 1 aliphatic heterocycles. The third-order valence-electron chi connectivity index (χ3n) is 3.20. The molecule has 0 bridgehead atoms. The minimum atomic E-state index is -1.10. The van der Waals surface area contributed by atoms with E-state index in [9.17, 15) is 4.21 Å². The van der Waals surface area contributed by atoms with Gasteiger partial charge in [0.15, 0.2) is 11.5 Å². The number of hydrogen-bond acceptors (Lipinski definition) is 5. The number of nitrogens with one attached hydrogen (secondary N) is 1. The molecule has 2 rings (SSSR count). The van der Waals surface area contributed by atoms with Crippen LogP contribution in [0.2, 0.25) is 0 Å². The second-order valence-electron chi connectivity index (χ2n) is 4.88. The summed E-state index contributed by atoms with van der Waals surface area (Å²) < 4.78 is 28.9. The Labute approximate surface area is 128 Å². The summed E-state index contributed by atoms with van der Waals surface area (Å²) in [6, 6.07) is 5.59. The number of ether oxygens (including phenoxy) is 3. The van der Waals surface area contributed by atoms with Crippen molar-refractivity contribution in [3.63, 3.8) is 0 Å². The molecule has 0 aromatic heterocycles. The number of benzene rings is 1. The lowest BCUT2D eigenvalue weighted by molar-refractivity contribution is 0.174. The van der Waals surface area contributed by atoms with Crippen LogP contribution in [-0.4, -0.2) is 49.5 Å². The maximum atomic E-state index is 12.5. The van der Waals surface area contributed by atoms with Gasteiger partial charge in [0.2, 0.25) is 0 Å². The van der Waals surface area contributed by atoms with Gasteiger partial charge in [-0.3, -0.25) is 4.21 Å². The summed E-state index contributed by atoms with van der Waals surface area (Å²) in [5.41, 5.74) is 0. The summed E-state index contributed by atoms with van der Waals surface area (Å²) in [6.07, 6.45) is 0.865. The van der Waals surface area contributed by atoms with E-state index in [0.717, 1.165) is 23.6 Å². The molecule has 1 aliphatic rings. The summed E-state index contributed by atoms with van der Waals surface area (Å²) in [5, 5.41) is 3.28. The van der Waals surface area contributed by atoms with Crippen LogP contribution >= 0.6 is 0 Å². The highest BCUT2D eigenvalue weighted by atomic mass is 32.2.